The zero-order chi connectivity index (χ0) is 22.1. The van der Waals surface area contributed by atoms with Gasteiger partial charge < -0.3 is 11.1 Å². The van der Waals surface area contributed by atoms with Gasteiger partial charge in [0.1, 0.15) is 5.82 Å². The fourth-order valence-electron chi connectivity index (χ4n) is 4.12. The van der Waals surface area contributed by atoms with Gasteiger partial charge in [-0.3, -0.25) is 9.36 Å². The Hall–Kier alpha value is -3.67. The van der Waals surface area contributed by atoms with Crippen molar-refractivity contribution in [2.24, 2.45) is 5.73 Å². The van der Waals surface area contributed by atoms with E-state index in [2.05, 4.69) is 31.3 Å². The average molecular weight is 414 g/mol. The lowest BCUT2D eigenvalue weighted by Crippen LogP contribution is -2.13. The van der Waals surface area contributed by atoms with Gasteiger partial charge in [0.05, 0.1) is 5.52 Å². The van der Waals surface area contributed by atoms with E-state index in [0.717, 1.165) is 33.7 Å². The smallest absolute Gasteiger partial charge is 0.249 e. The fourth-order valence-corrected chi connectivity index (χ4v) is 4.12. The van der Waals surface area contributed by atoms with Crippen LogP contribution in [0, 0.1) is 13.8 Å². The topological polar surface area (TPSA) is 85.8 Å². The fraction of sp³-hybridized carbons (Fsp3) is 0.240. The average Bonchev–Trinajstić information content (AvgIpc) is 3.07. The van der Waals surface area contributed by atoms with Crippen molar-refractivity contribution in [2.75, 3.05) is 5.32 Å². The van der Waals surface area contributed by atoms with Crippen LogP contribution in [0.25, 0.3) is 16.9 Å². The summed E-state index contributed by atoms with van der Waals surface area (Å²) < 4.78 is 1.98. The Labute approximate surface area is 182 Å². The molecule has 0 bridgehead atoms. The molecule has 0 spiro atoms. The molecule has 4 aromatic rings. The number of carbonyl (C=O) groups is 1. The summed E-state index contributed by atoms with van der Waals surface area (Å²) in [5.41, 5.74) is 11.1. The van der Waals surface area contributed by atoms with E-state index in [-0.39, 0.29) is 5.92 Å². The van der Waals surface area contributed by atoms with Gasteiger partial charge in [0.15, 0.2) is 0 Å². The number of nitrogens with two attached hydrogens (primary N) is 1. The van der Waals surface area contributed by atoms with Crippen LogP contribution in [0.15, 0.2) is 54.6 Å². The first-order chi connectivity index (χ1) is 14.9. The highest BCUT2D eigenvalue weighted by Gasteiger charge is 2.19. The summed E-state index contributed by atoms with van der Waals surface area (Å²) >= 11 is 0. The number of nitrogens with zero attached hydrogens (tertiary/aromatic N) is 3. The Balaban J connectivity index is 1.84. The molecule has 31 heavy (non-hydrogen) atoms. The number of amides is 1. The quantitative estimate of drug-likeness (QED) is 0.472. The lowest BCUT2D eigenvalue weighted by atomic mass is 10.0. The van der Waals surface area contributed by atoms with E-state index in [1.807, 2.05) is 54.8 Å². The first-order valence-electron chi connectivity index (χ1n) is 10.4. The van der Waals surface area contributed by atoms with Gasteiger partial charge in [-0.05, 0) is 43.5 Å². The highest BCUT2D eigenvalue weighted by Crippen LogP contribution is 2.30. The van der Waals surface area contributed by atoms with Gasteiger partial charge >= 0.3 is 0 Å². The van der Waals surface area contributed by atoms with Crippen molar-refractivity contribution in [2.45, 2.75) is 40.2 Å². The summed E-state index contributed by atoms with van der Waals surface area (Å²) in [6.07, 6.45) is 0. The van der Waals surface area contributed by atoms with Crippen molar-refractivity contribution < 1.29 is 4.79 Å². The molecule has 0 radical (unpaired) electrons. The van der Waals surface area contributed by atoms with Gasteiger partial charge in [0.25, 0.3) is 0 Å². The number of anilines is 1. The molecule has 1 amide bonds. The highest BCUT2D eigenvalue weighted by molar-refractivity contribution is 6.06. The molecular weight excluding hydrogens is 386 g/mol. The lowest BCUT2D eigenvalue weighted by Gasteiger charge is -2.18. The predicted octanol–water partition coefficient (Wildman–Crippen LogP) is 4.87. The van der Waals surface area contributed by atoms with Crippen LogP contribution >= 0.6 is 0 Å². The minimum absolute atomic E-state index is 0.274. The Bertz CT molecular complexity index is 1260. The third-order valence-corrected chi connectivity index (χ3v) is 5.50. The van der Waals surface area contributed by atoms with E-state index in [1.165, 1.54) is 5.56 Å². The number of primary amides is 1. The van der Waals surface area contributed by atoms with Crippen molar-refractivity contribution in [1.29, 1.82) is 0 Å². The highest BCUT2D eigenvalue weighted by atomic mass is 16.1. The second kappa shape index (κ2) is 8.22. The number of hydrogen-bond acceptors (Lipinski definition) is 4. The summed E-state index contributed by atoms with van der Waals surface area (Å²) in [7, 11) is 0. The number of aryl methyl sites for hydroxylation is 2. The summed E-state index contributed by atoms with van der Waals surface area (Å²) in [4.78, 5) is 21.6. The molecular formula is C25H27N5O. The third-order valence-electron chi connectivity index (χ3n) is 5.50. The van der Waals surface area contributed by atoms with E-state index in [0.29, 0.717) is 18.1 Å². The Morgan fingerprint density at radius 1 is 1.06 bits per heavy atom. The number of benzene rings is 2. The summed E-state index contributed by atoms with van der Waals surface area (Å²) in [5, 5.41) is 4.32. The lowest BCUT2D eigenvalue weighted by molar-refractivity contribution is 0.100. The van der Waals surface area contributed by atoms with E-state index >= 15 is 0 Å². The maximum absolute atomic E-state index is 11.9. The van der Waals surface area contributed by atoms with Crippen molar-refractivity contribution in [1.82, 2.24) is 14.5 Å². The standard InChI is InChI=1S/C25H27N5O/c1-15(2)22-17(4)28-25(29-24(22)27-14-18-9-6-5-7-10-18)30-16(3)13-20-19(23(26)31)11-8-12-21(20)30/h5-13,15H,14H2,1-4H3,(H2,26,31)(H,27,28,29). The molecule has 6 heteroatoms. The maximum Gasteiger partial charge on any atom is 0.249 e. The first-order valence-corrected chi connectivity index (χ1v) is 10.4. The predicted molar refractivity (Wildman–Crippen MR) is 125 cm³/mol. The van der Waals surface area contributed by atoms with Crippen LogP contribution in [0.5, 0.6) is 0 Å². The van der Waals surface area contributed by atoms with Gasteiger partial charge in [0, 0.05) is 34.4 Å². The largest absolute Gasteiger partial charge is 0.366 e. The maximum atomic E-state index is 11.9. The minimum Gasteiger partial charge on any atom is -0.366 e. The first kappa shape index (κ1) is 20.6. The zero-order valence-corrected chi connectivity index (χ0v) is 18.3. The second-order valence-corrected chi connectivity index (χ2v) is 8.09. The third kappa shape index (κ3) is 3.89. The molecule has 0 aliphatic rings. The number of nitrogens with one attached hydrogen (secondary N) is 1. The SMILES string of the molecule is Cc1nc(-n2c(C)cc3c(C(N)=O)cccc32)nc(NCc2ccccc2)c1C(C)C. The number of carbonyl (C=O) groups excluding carboxylic acids is 1. The molecule has 158 valence electrons. The minimum atomic E-state index is -0.444. The van der Waals surface area contributed by atoms with Crippen LogP contribution in [0.1, 0.15) is 52.6 Å². The van der Waals surface area contributed by atoms with Crippen molar-refractivity contribution >= 4 is 22.6 Å². The Kier molecular flexibility index (Phi) is 5.46. The van der Waals surface area contributed by atoms with Gasteiger partial charge in [0.2, 0.25) is 11.9 Å². The van der Waals surface area contributed by atoms with E-state index < -0.39 is 5.91 Å². The normalized spacial score (nSPS) is 11.3. The summed E-state index contributed by atoms with van der Waals surface area (Å²) in [6.45, 7) is 8.97. The molecule has 4 rings (SSSR count). The molecule has 2 heterocycles. The van der Waals surface area contributed by atoms with Crippen LogP contribution in [0.4, 0.5) is 5.82 Å². The molecule has 0 saturated heterocycles. The molecule has 6 nitrogen and oxygen atoms in total. The molecule has 3 N–H and O–H groups in total. The molecule has 0 fully saturated rings. The van der Waals surface area contributed by atoms with Gasteiger partial charge in [-0.1, -0.05) is 50.2 Å². The van der Waals surface area contributed by atoms with Crippen molar-refractivity contribution in [3.8, 4) is 5.95 Å². The monoisotopic (exact) mass is 413 g/mol. The number of aromatic nitrogens is 3. The molecule has 0 aliphatic carbocycles. The molecule has 0 aliphatic heterocycles. The summed E-state index contributed by atoms with van der Waals surface area (Å²) in [6, 6.07) is 17.7. The van der Waals surface area contributed by atoms with E-state index in [1.54, 1.807) is 6.07 Å². The van der Waals surface area contributed by atoms with Crippen molar-refractivity contribution in [3.05, 3.63) is 82.7 Å². The summed E-state index contributed by atoms with van der Waals surface area (Å²) in [5.74, 6) is 1.23. The molecule has 0 unspecified atom stereocenters. The van der Waals surface area contributed by atoms with Crippen LogP contribution in [0.2, 0.25) is 0 Å². The van der Waals surface area contributed by atoms with Gasteiger partial charge in [-0.25, -0.2) is 4.98 Å². The van der Waals surface area contributed by atoms with Crippen LogP contribution < -0.4 is 11.1 Å². The molecule has 0 atom stereocenters. The Morgan fingerprint density at radius 3 is 2.48 bits per heavy atom. The van der Waals surface area contributed by atoms with Crippen molar-refractivity contribution in [3.63, 3.8) is 0 Å². The van der Waals surface area contributed by atoms with Crippen LogP contribution in [-0.2, 0) is 6.54 Å². The van der Waals surface area contributed by atoms with Crippen LogP contribution in [-0.4, -0.2) is 20.4 Å². The van der Waals surface area contributed by atoms with Gasteiger partial charge in [-0.15, -0.1) is 0 Å². The van der Waals surface area contributed by atoms with E-state index in [4.69, 9.17) is 15.7 Å². The molecule has 0 saturated carbocycles. The van der Waals surface area contributed by atoms with Gasteiger partial charge in [-0.2, -0.15) is 4.98 Å². The van der Waals surface area contributed by atoms with E-state index in [9.17, 15) is 4.79 Å². The molecule has 2 aromatic carbocycles. The number of rotatable bonds is 6. The van der Waals surface area contributed by atoms with Crippen LogP contribution in [0.3, 0.4) is 0 Å². The number of hydrogen-bond donors (Lipinski definition) is 2. The molecule has 2 aromatic heterocycles. The zero-order valence-electron chi connectivity index (χ0n) is 18.3. The Morgan fingerprint density at radius 2 is 1.81 bits per heavy atom. The second-order valence-electron chi connectivity index (χ2n) is 8.09. The number of fused-ring (bicyclic) bond motifs is 1.